The zero-order chi connectivity index (χ0) is 13.3. The summed E-state index contributed by atoms with van der Waals surface area (Å²) >= 11 is 1.95. The van der Waals surface area contributed by atoms with Gasteiger partial charge in [0.1, 0.15) is 0 Å². The summed E-state index contributed by atoms with van der Waals surface area (Å²) in [6.45, 7) is 2.96. The third-order valence-corrected chi connectivity index (χ3v) is 5.17. The van der Waals surface area contributed by atoms with Crippen molar-refractivity contribution < 1.29 is 4.79 Å². The van der Waals surface area contributed by atoms with Gasteiger partial charge in [-0.05, 0) is 37.7 Å². The van der Waals surface area contributed by atoms with E-state index in [-0.39, 0.29) is 10.7 Å². The monoisotopic (exact) mass is 275 g/mol. The van der Waals surface area contributed by atoms with Crippen LogP contribution in [0.15, 0.2) is 24.4 Å². The number of benzene rings is 1. The topological polar surface area (TPSA) is 57.8 Å². The number of nitrogens with zero attached hydrogens (tertiary/aromatic N) is 1. The second-order valence-corrected chi connectivity index (χ2v) is 6.94. The molecule has 1 aromatic carbocycles. The second kappa shape index (κ2) is 4.89. The predicted octanol–water partition coefficient (Wildman–Crippen LogP) is 2.58. The van der Waals surface area contributed by atoms with Gasteiger partial charge in [-0.2, -0.15) is 16.9 Å². The Kier molecular flexibility index (Phi) is 3.22. The third kappa shape index (κ3) is 2.61. The van der Waals surface area contributed by atoms with Crippen LogP contribution in [-0.4, -0.2) is 33.1 Å². The number of fused-ring (bicyclic) bond motifs is 1. The number of aromatic nitrogens is 2. The second-order valence-electron chi connectivity index (χ2n) is 5.26. The van der Waals surface area contributed by atoms with Crippen molar-refractivity contribution in [1.82, 2.24) is 15.5 Å². The van der Waals surface area contributed by atoms with E-state index in [9.17, 15) is 4.79 Å². The molecule has 0 bridgehead atoms. The zero-order valence-corrected chi connectivity index (χ0v) is 11.7. The van der Waals surface area contributed by atoms with Crippen molar-refractivity contribution in [2.24, 2.45) is 0 Å². The van der Waals surface area contributed by atoms with Gasteiger partial charge in [0, 0.05) is 22.2 Å². The van der Waals surface area contributed by atoms with Gasteiger partial charge in [0.15, 0.2) is 0 Å². The normalized spacial score (nSPS) is 22.8. The SMILES string of the molecule is CC1(CNC(=O)c2ccc3cn[nH]c3c2)CCCS1. The molecule has 1 aromatic heterocycles. The highest BCUT2D eigenvalue weighted by molar-refractivity contribution is 8.00. The van der Waals surface area contributed by atoms with E-state index in [1.807, 2.05) is 30.0 Å². The van der Waals surface area contributed by atoms with Crippen molar-refractivity contribution in [2.45, 2.75) is 24.5 Å². The average molecular weight is 275 g/mol. The first-order valence-corrected chi connectivity index (χ1v) is 7.50. The minimum absolute atomic E-state index is 0.00905. The van der Waals surface area contributed by atoms with Crippen LogP contribution < -0.4 is 5.32 Å². The van der Waals surface area contributed by atoms with E-state index < -0.39 is 0 Å². The Morgan fingerprint density at radius 1 is 1.58 bits per heavy atom. The molecule has 1 aliphatic rings. The van der Waals surface area contributed by atoms with Gasteiger partial charge in [-0.1, -0.05) is 6.07 Å². The zero-order valence-electron chi connectivity index (χ0n) is 10.9. The smallest absolute Gasteiger partial charge is 0.251 e. The molecule has 1 atom stereocenters. The molecule has 0 radical (unpaired) electrons. The molecule has 0 aliphatic carbocycles. The molecule has 0 spiro atoms. The fraction of sp³-hybridized carbons (Fsp3) is 0.429. The first-order valence-electron chi connectivity index (χ1n) is 6.52. The summed E-state index contributed by atoms with van der Waals surface area (Å²) in [5.41, 5.74) is 1.58. The Balaban J connectivity index is 1.69. The lowest BCUT2D eigenvalue weighted by molar-refractivity contribution is 0.0950. The molecule has 1 amide bonds. The highest BCUT2D eigenvalue weighted by Crippen LogP contribution is 2.36. The highest BCUT2D eigenvalue weighted by Gasteiger charge is 2.29. The van der Waals surface area contributed by atoms with E-state index in [4.69, 9.17) is 0 Å². The number of amides is 1. The van der Waals surface area contributed by atoms with Crippen LogP contribution in [0.2, 0.25) is 0 Å². The van der Waals surface area contributed by atoms with Crippen molar-refractivity contribution in [3.05, 3.63) is 30.0 Å². The molecule has 19 heavy (non-hydrogen) atoms. The summed E-state index contributed by atoms with van der Waals surface area (Å²) in [7, 11) is 0. The van der Waals surface area contributed by atoms with Crippen molar-refractivity contribution in [3.63, 3.8) is 0 Å². The molecule has 1 saturated heterocycles. The number of hydrogen-bond donors (Lipinski definition) is 2. The van der Waals surface area contributed by atoms with Gasteiger partial charge in [0.2, 0.25) is 0 Å². The van der Waals surface area contributed by atoms with Crippen molar-refractivity contribution in [2.75, 3.05) is 12.3 Å². The van der Waals surface area contributed by atoms with E-state index in [2.05, 4.69) is 22.4 Å². The van der Waals surface area contributed by atoms with Crippen molar-refractivity contribution >= 4 is 28.6 Å². The van der Waals surface area contributed by atoms with Gasteiger partial charge in [0.05, 0.1) is 11.7 Å². The number of carbonyl (C=O) groups excluding carboxylic acids is 1. The number of thioether (sulfide) groups is 1. The maximum absolute atomic E-state index is 12.2. The van der Waals surface area contributed by atoms with Gasteiger partial charge in [-0.25, -0.2) is 0 Å². The number of nitrogens with one attached hydrogen (secondary N) is 2. The van der Waals surface area contributed by atoms with Gasteiger partial charge in [0.25, 0.3) is 5.91 Å². The van der Waals surface area contributed by atoms with Crippen LogP contribution in [0.5, 0.6) is 0 Å². The first kappa shape index (κ1) is 12.5. The summed E-state index contributed by atoms with van der Waals surface area (Å²) in [6, 6.07) is 5.61. The van der Waals surface area contributed by atoms with E-state index in [0.29, 0.717) is 5.56 Å². The fourth-order valence-electron chi connectivity index (χ4n) is 2.42. The van der Waals surface area contributed by atoms with Crippen LogP contribution >= 0.6 is 11.8 Å². The van der Waals surface area contributed by atoms with Crippen molar-refractivity contribution in [3.8, 4) is 0 Å². The van der Waals surface area contributed by atoms with Gasteiger partial charge in [-0.3, -0.25) is 9.89 Å². The lowest BCUT2D eigenvalue weighted by atomic mass is 10.1. The maximum atomic E-state index is 12.2. The fourth-order valence-corrected chi connectivity index (χ4v) is 3.67. The molecule has 0 saturated carbocycles. The van der Waals surface area contributed by atoms with E-state index in [1.165, 1.54) is 18.6 Å². The number of rotatable bonds is 3. The highest BCUT2D eigenvalue weighted by atomic mass is 32.2. The third-order valence-electron chi connectivity index (χ3n) is 3.63. The molecule has 3 rings (SSSR count). The summed E-state index contributed by atoms with van der Waals surface area (Å²) in [5.74, 6) is 1.19. The van der Waals surface area contributed by atoms with Crippen LogP contribution in [0.1, 0.15) is 30.1 Å². The summed E-state index contributed by atoms with van der Waals surface area (Å²) in [6.07, 6.45) is 4.18. The Bertz CT molecular complexity index is 602. The predicted molar refractivity (Wildman–Crippen MR) is 78.5 cm³/mol. The van der Waals surface area contributed by atoms with Crippen LogP contribution in [0.25, 0.3) is 10.9 Å². The molecule has 1 unspecified atom stereocenters. The standard InChI is InChI=1S/C14H17N3OS/c1-14(5-2-6-19-14)9-15-13(18)10-3-4-11-8-16-17-12(11)7-10/h3-4,7-8H,2,5-6,9H2,1H3,(H,15,18)(H,16,17). The molecule has 1 aliphatic heterocycles. The number of aromatic amines is 1. The molecular weight excluding hydrogens is 258 g/mol. The Morgan fingerprint density at radius 2 is 2.47 bits per heavy atom. The largest absolute Gasteiger partial charge is 0.351 e. The maximum Gasteiger partial charge on any atom is 0.251 e. The Hall–Kier alpha value is -1.49. The number of hydrogen-bond acceptors (Lipinski definition) is 3. The minimum Gasteiger partial charge on any atom is -0.351 e. The lowest BCUT2D eigenvalue weighted by Crippen LogP contribution is -2.36. The van der Waals surface area contributed by atoms with E-state index >= 15 is 0 Å². The molecule has 2 N–H and O–H groups in total. The quantitative estimate of drug-likeness (QED) is 0.905. The molecule has 5 heteroatoms. The molecule has 4 nitrogen and oxygen atoms in total. The molecular formula is C14H17N3OS. The van der Waals surface area contributed by atoms with Gasteiger partial charge >= 0.3 is 0 Å². The minimum atomic E-state index is -0.00905. The Labute approximate surface area is 116 Å². The van der Waals surface area contributed by atoms with Crippen molar-refractivity contribution in [1.29, 1.82) is 0 Å². The van der Waals surface area contributed by atoms with Crippen LogP contribution in [-0.2, 0) is 0 Å². The molecule has 2 aromatic rings. The van der Waals surface area contributed by atoms with Gasteiger partial charge < -0.3 is 5.32 Å². The van der Waals surface area contributed by atoms with E-state index in [0.717, 1.165) is 17.4 Å². The molecule has 100 valence electrons. The summed E-state index contributed by atoms with van der Waals surface area (Å²) in [5, 5.41) is 10.9. The Morgan fingerprint density at radius 3 is 3.26 bits per heavy atom. The molecule has 2 heterocycles. The van der Waals surface area contributed by atoms with Crippen LogP contribution in [0.4, 0.5) is 0 Å². The van der Waals surface area contributed by atoms with Crippen LogP contribution in [0.3, 0.4) is 0 Å². The molecule has 1 fully saturated rings. The summed E-state index contributed by atoms with van der Waals surface area (Å²) < 4.78 is 0.202. The average Bonchev–Trinajstić information content (AvgIpc) is 3.04. The lowest BCUT2D eigenvalue weighted by Gasteiger charge is -2.22. The number of carbonyl (C=O) groups is 1. The number of H-pyrrole nitrogens is 1. The van der Waals surface area contributed by atoms with Gasteiger partial charge in [-0.15, -0.1) is 0 Å². The van der Waals surface area contributed by atoms with E-state index in [1.54, 1.807) is 6.20 Å². The van der Waals surface area contributed by atoms with Crippen LogP contribution in [0, 0.1) is 0 Å². The summed E-state index contributed by atoms with van der Waals surface area (Å²) in [4.78, 5) is 12.2. The first-order chi connectivity index (χ1) is 9.16.